The smallest absolute Gasteiger partial charge is 0.258 e. The van der Waals surface area contributed by atoms with Gasteiger partial charge < -0.3 is 15.2 Å². The third kappa shape index (κ3) is 2.85. The molecule has 116 valence electrons. The summed E-state index contributed by atoms with van der Waals surface area (Å²) in [5.74, 6) is 0.588. The summed E-state index contributed by atoms with van der Waals surface area (Å²) >= 11 is 3.57. The highest BCUT2D eigenvalue weighted by Crippen LogP contribution is 2.31. The fourth-order valence-corrected chi connectivity index (χ4v) is 3.47. The van der Waals surface area contributed by atoms with Crippen LogP contribution in [0.2, 0.25) is 0 Å². The van der Waals surface area contributed by atoms with Crippen LogP contribution in [0.25, 0.3) is 10.9 Å². The van der Waals surface area contributed by atoms with Crippen molar-refractivity contribution in [2.75, 3.05) is 18.0 Å². The SMILES string of the molecule is CC(=O)NC1CCN(c2cc3c(=O)[nH]c(C)nc3cc2Br)C1. The lowest BCUT2D eigenvalue weighted by atomic mass is 10.2. The Balaban J connectivity index is 1.96. The van der Waals surface area contributed by atoms with E-state index in [0.29, 0.717) is 16.7 Å². The molecule has 0 radical (unpaired) electrons. The molecule has 0 spiro atoms. The van der Waals surface area contributed by atoms with Gasteiger partial charge in [-0.1, -0.05) is 0 Å². The minimum absolute atomic E-state index is 0.0134. The molecule has 1 aliphatic heterocycles. The summed E-state index contributed by atoms with van der Waals surface area (Å²) in [6.07, 6.45) is 0.895. The van der Waals surface area contributed by atoms with Gasteiger partial charge in [-0.2, -0.15) is 0 Å². The molecule has 0 aliphatic carbocycles. The minimum atomic E-state index is -0.131. The highest BCUT2D eigenvalue weighted by molar-refractivity contribution is 9.10. The molecule has 22 heavy (non-hydrogen) atoms. The van der Waals surface area contributed by atoms with Gasteiger partial charge in [0.15, 0.2) is 0 Å². The molecule has 6 nitrogen and oxygen atoms in total. The molecule has 0 bridgehead atoms. The Bertz CT molecular complexity index is 802. The maximum atomic E-state index is 12.1. The van der Waals surface area contributed by atoms with Crippen molar-refractivity contribution in [2.24, 2.45) is 0 Å². The second kappa shape index (κ2) is 5.72. The first kappa shape index (κ1) is 15.0. The molecular weight excluding hydrogens is 348 g/mol. The number of aromatic amines is 1. The first-order valence-electron chi connectivity index (χ1n) is 7.16. The molecule has 0 saturated carbocycles. The number of carbonyl (C=O) groups is 1. The van der Waals surface area contributed by atoms with E-state index in [-0.39, 0.29) is 17.5 Å². The molecule has 2 N–H and O–H groups in total. The summed E-state index contributed by atoms with van der Waals surface area (Å²) in [6, 6.07) is 3.88. The Morgan fingerprint density at radius 3 is 3.00 bits per heavy atom. The quantitative estimate of drug-likeness (QED) is 0.850. The largest absolute Gasteiger partial charge is 0.368 e. The number of hydrogen-bond acceptors (Lipinski definition) is 4. The van der Waals surface area contributed by atoms with Crippen molar-refractivity contribution in [1.29, 1.82) is 0 Å². The summed E-state index contributed by atoms with van der Waals surface area (Å²) in [5.41, 5.74) is 1.50. The number of halogens is 1. The van der Waals surface area contributed by atoms with Gasteiger partial charge in [0.25, 0.3) is 5.56 Å². The normalized spacial score (nSPS) is 18.0. The molecule has 7 heteroatoms. The Labute approximate surface area is 136 Å². The number of rotatable bonds is 2. The first-order valence-corrected chi connectivity index (χ1v) is 7.95. The predicted molar refractivity (Wildman–Crippen MR) is 89.2 cm³/mol. The Morgan fingerprint density at radius 1 is 1.50 bits per heavy atom. The lowest BCUT2D eigenvalue weighted by molar-refractivity contribution is -0.119. The standard InChI is InChI=1S/C15H17BrN4O2/c1-8-17-13-6-12(16)14(5-11(13)15(22)18-8)20-4-3-10(7-20)19-9(2)21/h5-6,10H,3-4,7H2,1-2H3,(H,19,21)(H,17,18,22). The van der Waals surface area contributed by atoms with Gasteiger partial charge in [-0.15, -0.1) is 0 Å². The Hall–Kier alpha value is -1.89. The number of carbonyl (C=O) groups excluding carboxylic acids is 1. The molecule has 2 heterocycles. The number of nitrogens with one attached hydrogen (secondary N) is 2. The topological polar surface area (TPSA) is 78.1 Å². The number of nitrogens with zero attached hydrogens (tertiary/aromatic N) is 2. The van der Waals surface area contributed by atoms with Crippen molar-refractivity contribution in [2.45, 2.75) is 26.3 Å². The number of H-pyrrole nitrogens is 1. The number of amides is 1. The zero-order valence-electron chi connectivity index (χ0n) is 12.4. The number of benzene rings is 1. The maximum absolute atomic E-state index is 12.1. The molecule has 1 saturated heterocycles. The van der Waals surface area contributed by atoms with E-state index in [1.54, 1.807) is 6.92 Å². The predicted octanol–water partition coefficient (Wildman–Crippen LogP) is 1.71. The van der Waals surface area contributed by atoms with E-state index in [4.69, 9.17) is 0 Å². The van der Waals surface area contributed by atoms with Crippen LogP contribution in [0.4, 0.5) is 5.69 Å². The van der Waals surface area contributed by atoms with Crippen molar-refractivity contribution in [3.8, 4) is 0 Å². The van der Waals surface area contributed by atoms with Gasteiger partial charge in [0, 0.05) is 30.5 Å². The van der Waals surface area contributed by atoms with Gasteiger partial charge in [-0.3, -0.25) is 9.59 Å². The highest BCUT2D eigenvalue weighted by atomic mass is 79.9. The molecule has 1 fully saturated rings. The van der Waals surface area contributed by atoms with Crippen molar-refractivity contribution in [1.82, 2.24) is 15.3 Å². The molecule has 3 rings (SSSR count). The molecule has 1 aromatic carbocycles. The van der Waals surface area contributed by atoms with Crippen LogP contribution in [0.5, 0.6) is 0 Å². The van der Waals surface area contributed by atoms with E-state index >= 15 is 0 Å². The molecule has 1 amide bonds. The number of anilines is 1. The van der Waals surface area contributed by atoms with Gasteiger partial charge in [-0.05, 0) is 41.4 Å². The number of hydrogen-bond donors (Lipinski definition) is 2. The van der Waals surface area contributed by atoms with Gasteiger partial charge in [-0.25, -0.2) is 4.98 Å². The van der Waals surface area contributed by atoms with Crippen molar-refractivity contribution in [3.05, 3.63) is 32.8 Å². The van der Waals surface area contributed by atoms with Gasteiger partial charge in [0.05, 0.1) is 16.6 Å². The number of aromatic nitrogens is 2. The van der Waals surface area contributed by atoms with E-state index < -0.39 is 0 Å². The van der Waals surface area contributed by atoms with Crippen LogP contribution in [-0.2, 0) is 4.79 Å². The van der Waals surface area contributed by atoms with Crippen LogP contribution < -0.4 is 15.8 Å². The third-order valence-electron chi connectivity index (χ3n) is 3.83. The zero-order valence-corrected chi connectivity index (χ0v) is 14.0. The number of fused-ring (bicyclic) bond motifs is 1. The zero-order chi connectivity index (χ0) is 15.9. The summed E-state index contributed by atoms with van der Waals surface area (Å²) < 4.78 is 0.904. The van der Waals surface area contributed by atoms with Crippen LogP contribution in [0.1, 0.15) is 19.2 Å². The van der Waals surface area contributed by atoms with Crippen molar-refractivity contribution >= 4 is 38.4 Å². The minimum Gasteiger partial charge on any atom is -0.368 e. The van der Waals surface area contributed by atoms with E-state index in [0.717, 1.165) is 29.7 Å². The van der Waals surface area contributed by atoms with Crippen molar-refractivity contribution < 1.29 is 4.79 Å². The molecule has 1 aliphatic rings. The number of aryl methyl sites for hydroxylation is 1. The first-order chi connectivity index (χ1) is 10.4. The molecule has 2 aromatic rings. The third-order valence-corrected chi connectivity index (χ3v) is 4.46. The maximum Gasteiger partial charge on any atom is 0.258 e. The fraction of sp³-hybridized carbons (Fsp3) is 0.400. The lowest BCUT2D eigenvalue weighted by Crippen LogP contribution is -2.35. The summed E-state index contributed by atoms with van der Waals surface area (Å²) in [7, 11) is 0. The molecule has 1 aromatic heterocycles. The van der Waals surface area contributed by atoms with Crippen LogP contribution in [0.3, 0.4) is 0 Å². The van der Waals surface area contributed by atoms with Crippen LogP contribution in [0.15, 0.2) is 21.4 Å². The lowest BCUT2D eigenvalue weighted by Gasteiger charge is -2.21. The highest BCUT2D eigenvalue weighted by Gasteiger charge is 2.25. The van der Waals surface area contributed by atoms with Crippen LogP contribution in [-0.4, -0.2) is 35.0 Å². The van der Waals surface area contributed by atoms with E-state index in [2.05, 4.69) is 36.1 Å². The van der Waals surface area contributed by atoms with Crippen molar-refractivity contribution in [3.63, 3.8) is 0 Å². The fourth-order valence-electron chi connectivity index (χ4n) is 2.89. The van der Waals surface area contributed by atoms with Crippen LogP contribution >= 0.6 is 15.9 Å². The van der Waals surface area contributed by atoms with Gasteiger partial charge in [0.1, 0.15) is 5.82 Å². The average molecular weight is 365 g/mol. The van der Waals surface area contributed by atoms with Gasteiger partial charge in [0.2, 0.25) is 5.91 Å². The summed E-state index contributed by atoms with van der Waals surface area (Å²) in [6.45, 7) is 4.87. The molecule has 1 atom stereocenters. The summed E-state index contributed by atoms with van der Waals surface area (Å²) in [5, 5.41) is 3.52. The second-order valence-electron chi connectivity index (χ2n) is 5.60. The Morgan fingerprint density at radius 2 is 2.27 bits per heavy atom. The average Bonchev–Trinajstić information content (AvgIpc) is 2.85. The van der Waals surface area contributed by atoms with Gasteiger partial charge >= 0.3 is 0 Å². The monoisotopic (exact) mass is 364 g/mol. The van der Waals surface area contributed by atoms with E-state index in [9.17, 15) is 9.59 Å². The second-order valence-corrected chi connectivity index (χ2v) is 6.46. The Kier molecular flexibility index (Phi) is 3.90. The molecule has 1 unspecified atom stereocenters. The summed E-state index contributed by atoms with van der Waals surface area (Å²) in [4.78, 5) is 32.5. The van der Waals surface area contributed by atoms with Crippen LogP contribution in [0, 0.1) is 6.92 Å². The van der Waals surface area contributed by atoms with E-state index in [1.807, 2.05) is 12.1 Å². The van der Waals surface area contributed by atoms with E-state index in [1.165, 1.54) is 6.92 Å². The molecular formula is C15H17BrN4O2.